The fourth-order valence-electron chi connectivity index (χ4n) is 2.62. The van der Waals surface area contributed by atoms with Crippen LogP contribution in [0.3, 0.4) is 0 Å². The van der Waals surface area contributed by atoms with E-state index in [1.54, 1.807) is 0 Å². The van der Waals surface area contributed by atoms with Gasteiger partial charge in [-0.05, 0) is 12.3 Å². The highest BCUT2D eigenvalue weighted by atomic mass is 16.6. The van der Waals surface area contributed by atoms with E-state index in [1.807, 2.05) is 6.92 Å². The van der Waals surface area contributed by atoms with Gasteiger partial charge in [0.05, 0.1) is 11.5 Å². The molecule has 0 radical (unpaired) electrons. The Morgan fingerprint density at radius 1 is 1.79 bits per heavy atom. The number of hydrogen-bond acceptors (Lipinski definition) is 3. The zero-order valence-corrected chi connectivity index (χ0v) is 7.95. The van der Waals surface area contributed by atoms with Crippen molar-refractivity contribution in [3.63, 3.8) is 0 Å². The van der Waals surface area contributed by atoms with Crippen LogP contribution >= 0.6 is 0 Å². The summed E-state index contributed by atoms with van der Waals surface area (Å²) in [6.45, 7) is 2.25. The Kier molecular flexibility index (Phi) is 1.90. The van der Waals surface area contributed by atoms with E-state index in [0.29, 0.717) is 13.0 Å². The number of hydrogen-bond donors (Lipinski definition) is 2. The van der Waals surface area contributed by atoms with Gasteiger partial charge in [0.25, 0.3) is 0 Å². The van der Waals surface area contributed by atoms with Gasteiger partial charge in [0.2, 0.25) is 0 Å². The summed E-state index contributed by atoms with van der Waals surface area (Å²) in [6, 6.07) is 0. The molecule has 2 N–H and O–H groups in total. The maximum atomic E-state index is 10.9. The van der Waals surface area contributed by atoms with Crippen LogP contribution in [0.4, 0.5) is 4.79 Å². The SMILES string of the molecule is CCC1C(C(=O)O)CC12COC(=O)N2. The van der Waals surface area contributed by atoms with Gasteiger partial charge < -0.3 is 15.2 Å². The number of carbonyl (C=O) groups is 2. The Morgan fingerprint density at radius 2 is 2.50 bits per heavy atom. The number of carboxylic acids is 1. The van der Waals surface area contributed by atoms with Crippen LogP contribution in [0.2, 0.25) is 0 Å². The van der Waals surface area contributed by atoms with Crippen LogP contribution in [-0.4, -0.2) is 29.3 Å². The van der Waals surface area contributed by atoms with Gasteiger partial charge in [0.1, 0.15) is 6.61 Å². The minimum atomic E-state index is -0.774. The van der Waals surface area contributed by atoms with Crippen molar-refractivity contribution in [2.75, 3.05) is 6.61 Å². The van der Waals surface area contributed by atoms with Crippen molar-refractivity contribution < 1.29 is 19.4 Å². The average Bonchev–Trinajstić information content (AvgIpc) is 2.46. The fourth-order valence-corrected chi connectivity index (χ4v) is 2.62. The number of cyclic esters (lactones) is 1. The number of ether oxygens (including phenoxy) is 1. The second-order valence-corrected chi connectivity index (χ2v) is 4.02. The molecule has 1 amide bonds. The summed E-state index contributed by atoms with van der Waals surface area (Å²) < 4.78 is 4.83. The molecule has 1 heterocycles. The Balaban J connectivity index is 2.11. The molecule has 1 saturated carbocycles. The predicted octanol–water partition coefficient (Wildman–Crippen LogP) is 0.596. The van der Waals surface area contributed by atoms with Crippen molar-refractivity contribution >= 4 is 12.1 Å². The molecule has 1 aliphatic carbocycles. The van der Waals surface area contributed by atoms with Crippen LogP contribution in [-0.2, 0) is 9.53 Å². The van der Waals surface area contributed by atoms with E-state index in [9.17, 15) is 9.59 Å². The summed E-state index contributed by atoms with van der Waals surface area (Å²) in [5.74, 6) is -1.10. The highest BCUT2D eigenvalue weighted by Crippen LogP contribution is 2.48. The molecule has 0 bridgehead atoms. The topological polar surface area (TPSA) is 75.6 Å². The lowest BCUT2D eigenvalue weighted by atomic mass is 9.58. The summed E-state index contributed by atoms with van der Waals surface area (Å²) in [5.41, 5.74) is -0.394. The Bertz CT molecular complexity index is 291. The Labute approximate surface area is 81.4 Å². The molecule has 1 saturated heterocycles. The lowest BCUT2D eigenvalue weighted by Gasteiger charge is -2.49. The minimum absolute atomic E-state index is 0.00597. The number of aliphatic carboxylic acids is 1. The second kappa shape index (κ2) is 2.87. The van der Waals surface area contributed by atoms with E-state index in [4.69, 9.17) is 9.84 Å². The van der Waals surface area contributed by atoms with Crippen LogP contribution < -0.4 is 5.32 Å². The largest absolute Gasteiger partial charge is 0.481 e. The first-order valence-corrected chi connectivity index (χ1v) is 4.77. The van der Waals surface area contributed by atoms with Crippen molar-refractivity contribution in [1.29, 1.82) is 0 Å². The predicted molar refractivity (Wildman–Crippen MR) is 46.7 cm³/mol. The number of nitrogens with one attached hydrogen (secondary N) is 1. The lowest BCUT2D eigenvalue weighted by Crippen LogP contribution is -2.63. The first kappa shape index (κ1) is 9.30. The van der Waals surface area contributed by atoms with Crippen LogP contribution in [0.25, 0.3) is 0 Å². The van der Waals surface area contributed by atoms with E-state index in [0.717, 1.165) is 6.42 Å². The molecule has 2 fully saturated rings. The van der Waals surface area contributed by atoms with Crippen LogP contribution in [0.1, 0.15) is 19.8 Å². The van der Waals surface area contributed by atoms with E-state index in [-0.39, 0.29) is 11.8 Å². The number of carbonyl (C=O) groups excluding carboxylic acids is 1. The number of rotatable bonds is 2. The van der Waals surface area contributed by atoms with Crippen molar-refractivity contribution in [3.05, 3.63) is 0 Å². The van der Waals surface area contributed by atoms with Gasteiger partial charge in [-0.25, -0.2) is 4.79 Å². The van der Waals surface area contributed by atoms with E-state index in [2.05, 4.69) is 5.32 Å². The monoisotopic (exact) mass is 199 g/mol. The Morgan fingerprint density at radius 3 is 2.93 bits per heavy atom. The number of carboxylic acid groups (broad SMARTS) is 1. The summed E-state index contributed by atoms with van der Waals surface area (Å²) >= 11 is 0. The smallest absolute Gasteiger partial charge is 0.407 e. The molecule has 5 heteroatoms. The molecular weight excluding hydrogens is 186 g/mol. The molecular formula is C9H13NO4. The zero-order valence-electron chi connectivity index (χ0n) is 7.95. The third-order valence-electron chi connectivity index (χ3n) is 3.35. The van der Waals surface area contributed by atoms with Gasteiger partial charge in [-0.3, -0.25) is 4.79 Å². The molecule has 0 aromatic heterocycles. The van der Waals surface area contributed by atoms with Crippen LogP contribution in [0.5, 0.6) is 0 Å². The lowest BCUT2D eigenvalue weighted by molar-refractivity contribution is -0.153. The van der Waals surface area contributed by atoms with Gasteiger partial charge in [-0.15, -0.1) is 0 Å². The van der Waals surface area contributed by atoms with Gasteiger partial charge >= 0.3 is 12.1 Å². The van der Waals surface area contributed by atoms with Crippen molar-refractivity contribution in [3.8, 4) is 0 Å². The molecule has 1 spiro atoms. The highest BCUT2D eigenvalue weighted by molar-refractivity contribution is 5.76. The molecule has 1 aliphatic heterocycles. The first-order chi connectivity index (χ1) is 6.59. The Hall–Kier alpha value is -1.26. The number of alkyl carbamates (subject to hydrolysis) is 1. The standard InChI is InChI=1S/C9H13NO4/c1-2-6-5(7(11)12)3-9(6)4-14-8(13)10-9/h5-6H,2-4H2,1H3,(H,10,13)(H,11,12). The molecule has 0 aromatic carbocycles. The molecule has 2 rings (SSSR count). The molecule has 5 nitrogen and oxygen atoms in total. The first-order valence-electron chi connectivity index (χ1n) is 4.77. The molecule has 0 aromatic rings. The van der Waals surface area contributed by atoms with Crippen molar-refractivity contribution in [1.82, 2.24) is 5.32 Å². The van der Waals surface area contributed by atoms with Gasteiger partial charge in [0, 0.05) is 0 Å². The quantitative estimate of drug-likeness (QED) is 0.682. The van der Waals surface area contributed by atoms with Crippen molar-refractivity contribution in [2.45, 2.75) is 25.3 Å². The molecule has 3 atom stereocenters. The third-order valence-corrected chi connectivity index (χ3v) is 3.35. The summed E-state index contributed by atoms with van der Waals surface area (Å²) in [4.78, 5) is 21.7. The maximum absolute atomic E-state index is 10.9. The zero-order chi connectivity index (χ0) is 10.3. The minimum Gasteiger partial charge on any atom is -0.481 e. The van der Waals surface area contributed by atoms with Crippen LogP contribution in [0.15, 0.2) is 0 Å². The van der Waals surface area contributed by atoms with Gasteiger partial charge in [-0.1, -0.05) is 13.3 Å². The maximum Gasteiger partial charge on any atom is 0.407 e. The second-order valence-electron chi connectivity index (χ2n) is 4.02. The van der Waals surface area contributed by atoms with E-state index in [1.165, 1.54) is 0 Å². The van der Waals surface area contributed by atoms with E-state index >= 15 is 0 Å². The molecule has 14 heavy (non-hydrogen) atoms. The third kappa shape index (κ3) is 1.08. The van der Waals surface area contributed by atoms with Gasteiger partial charge in [0.15, 0.2) is 0 Å². The summed E-state index contributed by atoms with van der Waals surface area (Å²) in [7, 11) is 0. The van der Waals surface area contributed by atoms with Crippen LogP contribution in [0, 0.1) is 11.8 Å². The van der Waals surface area contributed by atoms with Gasteiger partial charge in [-0.2, -0.15) is 0 Å². The summed E-state index contributed by atoms with van der Waals surface area (Å²) in [5, 5.41) is 11.6. The molecule has 3 unspecified atom stereocenters. The van der Waals surface area contributed by atoms with Crippen molar-refractivity contribution in [2.24, 2.45) is 11.8 Å². The van der Waals surface area contributed by atoms with E-state index < -0.39 is 17.6 Å². The molecule has 2 aliphatic rings. The normalized spacial score (nSPS) is 40.2. The molecule has 78 valence electrons. The number of amides is 1. The summed E-state index contributed by atoms with van der Waals surface area (Å²) in [6.07, 6.45) is 0.819. The fraction of sp³-hybridized carbons (Fsp3) is 0.778. The average molecular weight is 199 g/mol. The highest BCUT2D eigenvalue weighted by Gasteiger charge is 2.59.